The van der Waals surface area contributed by atoms with Crippen LogP contribution in [0.25, 0.3) is 11.6 Å². The Balaban J connectivity index is 0. The van der Waals surface area contributed by atoms with Gasteiger partial charge in [0.2, 0.25) is 0 Å². The summed E-state index contributed by atoms with van der Waals surface area (Å²) < 4.78 is 28.8. The summed E-state index contributed by atoms with van der Waals surface area (Å²) in [5, 5.41) is 8.07. The van der Waals surface area contributed by atoms with Crippen LogP contribution in [-0.2, 0) is 25.6 Å². The molecule has 4 atom stereocenters. The number of hydrogen-bond acceptors (Lipinski definition) is 12. The van der Waals surface area contributed by atoms with Crippen molar-refractivity contribution in [3.63, 3.8) is 0 Å². The lowest BCUT2D eigenvalue weighted by molar-refractivity contribution is 0.0722. The summed E-state index contributed by atoms with van der Waals surface area (Å²) in [7, 11) is 3.73. The maximum absolute atomic E-state index is 12.3. The SMILES string of the molecule is CC.CC.CCC[C@@H](CN(N)/C=C/c1cc2c3c(c1)OCC1=C3CC(COC2)C(C(C)CNN)=C1)NCOC[C@H](NC(=O)OCCOC)c1ccccc1.CN1CCCC1.O.[HH].[HH].[HH]. The van der Waals surface area contributed by atoms with Crippen molar-refractivity contribution in [3.8, 4) is 5.75 Å². The van der Waals surface area contributed by atoms with Crippen LogP contribution in [0, 0.1) is 11.8 Å². The molecular weight excluding hydrogens is 775 g/mol. The fourth-order valence-electron chi connectivity index (χ4n) is 7.76. The predicted octanol–water partition coefficient (Wildman–Crippen LogP) is 7.08. The van der Waals surface area contributed by atoms with E-state index in [1.165, 1.54) is 48.2 Å². The Morgan fingerprint density at radius 1 is 1.10 bits per heavy atom. The molecule has 1 amide bonds. The van der Waals surface area contributed by atoms with Gasteiger partial charge in [0.15, 0.2) is 0 Å². The molecule has 0 aromatic heterocycles. The summed E-state index contributed by atoms with van der Waals surface area (Å²) in [6, 6.07) is 13.7. The van der Waals surface area contributed by atoms with E-state index < -0.39 is 6.09 Å². The molecule has 14 nitrogen and oxygen atoms in total. The van der Waals surface area contributed by atoms with Crippen LogP contribution in [0.2, 0.25) is 0 Å². The number of nitrogens with two attached hydrogens (primary N) is 2. The van der Waals surface area contributed by atoms with E-state index in [-0.39, 0.29) is 35.1 Å². The van der Waals surface area contributed by atoms with E-state index in [0.29, 0.717) is 51.5 Å². The number of likely N-dealkylation sites (tertiary alicyclic amines) is 1. The predicted molar refractivity (Wildman–Crippen MR) is 254 cm³/mol. The molecule has 14 heteroatoms. The Hall–Kier alpha value is -3.83. The number of fused-ring (bicyclic) bond motifs is 1. The number of hydrogen-bond donors (Lipinski definition) is 5. The number of nitrogens with one attached hydrogen (secondary N) is 3. The maximum atomic E-state index is 12.3. The molecule has 1 aliphatic carbocycles. The molecule has 0 spiro atoms. The summed E-state index contributed by atoms with van der Waals surface area (Å²) in [5.74, 6) is 13.7. The summed E-state index contributed by atoms with van der Waals surface area (Å²) in [5.41, 5.74) is 11.1. The van der Waals surface area contributed by atoms with E-state index in [1.54, 1.807) is 12.1 Å². The van der Waals surface area contributed by atoms with Gasteiger partial charge in [-0.3, -0.25) is 16.6 Å². The molecule has 0 saturated carbocycles. The lowest BCUT2D eigenvalue weighted by Gasteiger charge is -2.36. The Bertz CT molecular complexity index is 1640. The van der Waals surface area contributed by atoms with E-state index in [9.17, 15) is 4.79 Å². The Morgan fingerprint density at radius 2 is 1.84 bits per heavy atom. The van der Waals surface area contributed by atoms with Crippen molar-refractivity contribution in [1.29, 1.82) is 0 Å². The quantitative estimate of drug-likeness (QED) is 0.0419. The highest BCUT2D eigenvalue weighted by Gasteiger charge is 2.33. The average molecular weight is 860 g/mol. The number of benzene rings is 2. The van der Waals surface area contributed by atoms with E-state index in [4.69, 9.17) is 35.4 Å². The minimum Gasteiger partial charge on any atom is -0.488 e. The van der Waals surface area contributed by atoms with Crippen LogP contribution < -0.4 is 32.5 Å². The maximum Gasteiger partial charge on any atom is 0.407 e. The van der Waals surface area contributed by atoms with Crippen LogP contribution in [-0.4, -0.2) is 108 Å². The fraction of sp³-hybridized carbons (Fsp3) is 0.596. The Morgan fingerprint density at radius 3 is 2.49 bits per heavy atom. The zero-order valence-corrected chi connectivity index (χ0v) is 38.4. The van der Waals surface area contributed by atoms with Crippen molar-refractivity contribution in [3.05, 3.63) is 88.1 Å². The third-order valence-electron chi connectivity index (χ3n) is 10.7. The van der Waals surface area contributed by atoms with Crippen molar-refractivity contribution in [1.82, 2.24) is 26.0 Å². The second kappa shape index (κ2) is 30.3. The third-order valence-corrected chi connectivity index (χ3v) is 10.7. The van der Waals surface area contributed by atoms with Gasteiger partial charge in [0, 0.05) is 48.2 Å². The highest BCUT2D eigenvalue weighted by atomic mass is 16.6. The van der Waals surface area contributed by atoms with Crippen molar-refractivity contribution in [2.24, 2.45) is 23.5 Å². The first kappa shape index (κ1) is 53.3. The first-order valence-electron chi connectivity index (χ1n) is 22.2. The molecule has 61 heavy (non-hydrogen) atoms. The van der Waals surface area contributed by atoms with Gasteiger partial charge in [-0.15, -0.1) is 0 Å². The van der Waals surface area contributed by atoms with Crippen LogP contribution >= 0.6 is 0 Å². The van der Waals surface area contributed by atoms with Crippen molar-refractivity contribution in [2.45, 2.75) is 92.3 Å². The van der Waals surface area contributed by atoms with E-state index >= 15 is 0 Å². The number of allylic oxidation sites excluding steroid dienone is 1. The largest absolute Gasteiger partial charge is 0.488 e. The molecule has 2 unspecified atom stereocenters. The molecule has 350 valence electrons. The Kier molecular flexibility index (Phi) is 26.4. The number of ether oxygens (including phenoxy) is 5. The molecule has 3 aliphatic heterocycles. The zero-order chi connectivity index (χ0) is 43.7. The normalized spacial score (nSPS) is 17.8. The van der Waals surface area contributed by atoms with Gasteiger partial charge in [-0.1, -0.05) is 89.9 Å². The second-order valence-corrected chi connectivity index (χ2v) is 15.2. The minimum atomic E-state index is -0.517. The first-order valence-corrected chi connectivity index (χ1v) is 22.2. The third kappa shape index (κ3) is 17.5. The molecule has 1 fully saturated rings. The van der Waals surface area contributed by atoms with Crippen molar-refractivity contribution < 1.29 is 38.2 Å². The first-order chi connectivity index (χ1) is 29.3. The highest BCUT2D eigenvalue weighted by Crippen LogP contribution is 2.47. The van der Waals surface area contributed by atoms with Crippen LogP contribution in [0.1, 0.15) is 106 Å². The van der Waals surface area contributed by atoms with Gasteiger partial charge < -0.3 is 44.4 Å². The second-order valence-electron chi connectivity index (χ2n) is 15.2. The number of hydrazine groups is 2. The lowest BCUT2D eigenvalue weighted by atomic mass is 9.75. The topological polar surface area (TPSA) is 189 Å². The standard InChI is InChI=1S/C38H54N6O6.C5H11N.2C2H6.H2O.3H2/c1-4-8-32(41-25-48-24-35(28-9-6-5-7-10-28)43-38(45)49-14-13-46-3)20-44(40)12-11-27-15-31-22-47-21-29-18-34-30(17-33(29)26(2)19-42-39)23-50-36(16-27)37(31)34;1-6-4-2-3-5-6;2*1-2;;;;/h5-7,9-12,15-17,26,29,32,35,41-42H,4,8,13-14,18-25,39-40H2,1-3H3,(H,43,45);2-5H2,1H3;2*1-2H3;1H2;3*1H/b12-11+;;;;;;;/t26?,29?,32-,35-;;;;;;;/m0......./s1. The van der Waals surface area contributed by atoms with Crippen molar-refractivity contribution >= 4 is 17.7 Å². The van der Waals surface area contributed by atoms with Crippen LogP contribution in [0.4, 0.5) is 4.79 Å². The molecule has 6 rings (SSSR count). The summed E-state index contributed by atoms with van der Waals surface area (Å²) in [6.07, 6.45) is 11.4. The Labute approximate surface area is 371 Å². The van der Waals surface area contributed by atoms with Crippen LogP contribution in [0.3, 0.4) is 0 Å². The zero-order valence-electron chi connectivity index (χ0n) is 38.4. The molecule has 3 heterocycles. The van der Waals surface area contributed by atoms with Crippen LogP contribution in [0.5, 0.6) is 5.75 Å². The number of rotatable bonds is 19. The van der Waals surface area contributed by atoms with E-state index in [1.807, 2.05) is 70.3 Å². The average Bonchev–Trinajstić information content (AvgIpc) is 3.75. The number of carbonyl (C=O) groups excluding carboxylic acids is 1. The van der Waals surface area contributed by atoms with Gasteiger partial charge in [-0.25, -0.2) is 10.6 Å². The highest BCUT2D eigenvalue weighted by molar-refractivity contribution is 5.82. The summed E-state index contributed by atoms with van der Waals surface area (Å²) in [6.45, 7) is 19.2. The van der Waals surface area contributed by atoms with Gasteiger partial charge in [0.1, 0.15) is 19.0 Å². The molecule has 9 N–H and O–H groups in total. The van der Waals surface area contributed by atoms with Gasteiger partial charge in [-0.05, 0) is 97.8 Å². The van der Waals surface area contributed by atoms with Gasteiger partial charge in [0.05, 0.1) is 39.2 Å². The minimum absolute atomic E-state index is 0. The summed E-state index contributed by atoms with van der Waals surface area (Å²) in [4.78, 5) is 14.7. The van der Waals surface area contributed by atoms with E-state index in [0.717, 1.165) is 48.2 Å². The molecule has 0 radical (unpaired) electrons. The lowest BCUT2D eigenvalue weighted by Crippen LogP contribution is -2.43. The van der Waals surface area contributed by atoms with E-state index in [2.05, 4.69) is 60.1 Å². The molecule has 2 bridgehead atoms. The number of carbonyl (C=O) groups is 1. The number of nitrogens with zero attached hydrogens (tertiary/aromatic N) is 2. The smallest absolute Gasteiger partial charge is 0.407 e. The molecule has 2 aromatic rings. The number of alkyl carbamates (subject to hydrolysis) is 1. The van der Waals surface area contributed by atoms with Gasteiger partial charge in [-0.2, -0.15) is 0 Å². The summed E-state index contributed by atoms with van der Waals surface area (Å²) >= 11 is 0. The molecule has 1 saturated heterocycles. The molecule has 4 aliphatic rings. The van der Waals surface area contributed by atoms with Crippen molar-refractivity contribution in [2.75, 3.05) is 80.1 Å². The van der Waals surface area contributed by atoms with Gasteiger partial charge >= 0.3 is 6.09 Å². The van der Waals surface area contributed by atoms with Gasteiger partial charge in [0.25, 0.3) is 0 Å². The molecular formula is C47H85N7O7. The number of methoxy groups -OCH3 is 1. The monoisotopic (exact) mass is 860 g/mol. The van der Waals surface area contributed by atoms with Crippen LogP contribution in [0.15, 0.2) is 65.9 Å². The fourth-order valence-corrected chi connectivity index (χ4v) is 7.76. The molecule has 2 aromatic carbocycles. The number of amides is 1.